The summed E-state index contributed by atoms with van der Waals surface area (Å²) in [5.74, 6) is 0. The van der Waals surface area contributed by atoms with Gasteiger partial charge < -0.3 is 5.73 Å². The number of hydrogen-bond acceptors (Lipinski definition) is 1. The van der Waals surface area contributed by atoms with E-state index < -0.39 is 0 Å². The summed E-state index contributed by atoms with van der Waals surface area (Å²) in [6, 6.07) is 12.0. The molecule has 1 nitrogen and oxygen atoms in total. The average Bonchev–Trinajstić information content (AvgIpc) is 2.22. The van der Waals surface area contributed by atoms with Gasteiger partial charge in [-0.05, 0) is 13.0 Å². The summed E-state index contributed by atoms with van der Waals surface area (Å²) >= 11 is 0. The predicted molar refractivity (Wildman–Crippen MR) is 59.6 cm³/mol. The van der Waals surface area contributed by atoms with Crippen molar-refractivity contribution in [3.63, 3.8) is 0 Å². The monoisotopic (exact) mass is 179 g/mol. The van der Waals surface area contributed by atoms with Crippen molar-refractivity contribution in [1.82, 2.24) is 0 Å². The van der Waals surface area contributed by atoms with Gasteiger partial charge in [-0.3, -0.25) is 0 Å². The van der Waals surface area contributed by atoms with Crippen LogP contribution in [0.25, 0.3) is 0 Å². The normalized spacial score (nSPS) is 8.77. The lowest BCUT2D eigenvalue weighted by atomic mass is 10.2. The summed E-state index contributed by atoms with van der Waals surface area (Å²) in [5, 5.41) is 0. The Labute approximate surface area is 82.0 Å². The Balaban J connectivity index is 0.000000223. The highest BCUT2D eigenvalue weighted by molar-refractivity contribution is 4.99. The van der Waals surface area contributed by atoms with Crippen molar-refractivity contribution in [2.45, 2.75) is 32.6 Å². The number of benzene rings is 1. The van der Waals surface area contributed by atoms with E-state index >= 15 is 0 Å². The van der Waals surface area contributed by atoms with Crippen LogP contribution < -0.4 is 5.73 Å². The second kappa shape index (κ2) is 11.2. The Morgan fingerprint density at radius 3 is 1.54 bits per heavy atom. The van der Waals surface area contributed by atoms with Gasteiger partial charge in [-0.1, -0.05) is 62.6 Å². The summed E-state index contributed by atoms with van der Waals surface area (Å²) in [4.78, 5) is 0. The van der Waals surface area contributed by atoms with Gasteiger partial charge in [-0.15, -0.1) is 0 Å². The van der Waals surface area contributed by atoms with Crippen LogP contribution in [0.1, 0.15) is 32.6 Å². The Bertz CT molecular complexity index is 129. The zero-order chi connectivity index (χ0) is 9.78. The Kier molecular flexibility index (Phi) is 10.5. The maximum atomic E-state index is 5.27. The molecule has 0 radical (unpaired) electrons. The summed E-state index contributed by atoms with van der Waals surface area (Å²) in [6.07, 6.45) is 5.16. The van der Waals surface area contributed by atoms with Crippen LogP contribution >= 0.6 is 0 Å². The van der Waals surface area contributed by atoms with Gasteiger partial charge in [0, 0.05) is 0 Å². The van der Waals surface area contributed by atoms with Gasteiger partial charge in [0.15, 0.2) is 0 Å². The molecular weight excluding hydrogens is 158 g/mol. The van der Waals surface area contributed by atoms with Crippen molar-refractivity contribution >= 4 is 0 Å². The Hall–Kier alpha value is -0.820. The minimum Gasteiger partial charge on any atom is -0.330 e. The average molecular weight is 179 g/mol. The molecule has 1 heteroatoms. The van der Waals surface area contributed by atoms with Crippen molar-refractivity contribution < 1.29 is 0 Å². The first-order valence-electron chi connectivity index (χ1n) is 5.12. The van der Waals surface area contributed by atoms with Crippen LogP contribution in [0.3, 0.4) is 0 Å². The topological polar surface area (TPSA) is 26.0 Å². The van der Waals surface area contributed by atoms with E-state index in [1.165, 1.54) is 25.7 Å². The molecule has 13 heavy (non-hydrogen) atoms. The quantitative estimate of drug-likeness (QED) is 0.706. The molecule has 1 aromatic carbocycles. The molecule has 1 aromatic rings. The third-order valence-electron chi connectivity index (χ3n) is 1.72. The first-order chi connectivity index (χ1) is 6.41. The molecule has 0 saturated carbocycles. The molecule has 0 fully saturated rings. The minimum absolute atomic E-state index is 0.861. The van der Waals surface area contributed by atoms with Crippen LogP contribution in [0.4, 0.5) is 0 Å². The van der Waals surface area contributed by atoms with Crippen LogP contribution in [-0.2, 0) is 0 Å². The van der Waals surface area contributed by atoms with Gasteiger partial charge in [0.25, 0.3) is 0 Å². The second-order valence-corrected chi connectivity index (χ2v) is 3.00. The third-order valence-corrected chi connectivity index (χ3v) is 1.72. The highest BCUT2D eigenvalue weighted by Crippen LogP contribution is 1.95. The first-order valence-corrected chi connectivity index (χ1v) is 5.12. The minimum atomic E-state index is 0.861. The molecule has 0 unspecified atom stereocenters. The molecule has 0 bridgehead atoms. The molecule has 0 heterocycles. The van der Waals surface area contributed by atoms with Crippen molar-refractivity contribution in [2.24, 2.45) is 5.73 Å². The van der Waals surface area contributed by atoms with Crippen molar-refractivity contribution in [2.75, 3.05) is 6.54 Å². The molecule has 0 aliphatic rings. The van der Waals surface area contributed by atoms with Gasteiger partial charge >= 0.3 is 0 Å². The Morgan fingerprint density at radius 2 is 1.23 bits per heavy atom. The number of hydrogen-bond donors (Lipinski definition) is 1. The molecule has 0 aliphatic heterocycles. The van der Waals surface area contributed by atoms with Crippen molar-refractivity contribution in [3.8, 4) is 0 Å². The maximum absolute atomic E-state index is 5.27. The molecule has 74 valence electrons. The summed E-state index contributed by atoms with van der Waals surface area (Å²) in [5.41, 5.74) is 5.27. The summed E-state index contributed by atoms with van der Waals surface area (Å²) < 4.78 is 0. The van der Waals surface area contributed by atoms with Crippen LogP contribution in [-0.4, -0.2) is 6.54 Å². The van der Waals surface area contributed by atoms with Crippen molar-refractivity contribution in [1.29, 1.82) is 0 Å². The fourth-order valence-corrected chi connectivity index (χ4v) is 0.956. The smallest absolute Gasteiger partial charge is 0.00773 e. The highest BCUT2D eigenvalue weighted by Gasteiger charge is 1.80. The van der Waals surface area contributed by atoms with E-state index in [9.17, 15) is 0 Å². The number of nitrogens with two attached hydrogens (primary N) is 1. The lowest BCUT2D eigenvalue weighted by Crippen LogP contribution is -1.97. The van der Waals surface area contributed by atoms with Crippen LogP contribution in [0.15, 0.2) is 36.4 Å². The Morgan fingerprint density at radius 1 is 0.769 bits per heavy atom. The van der Waals surface area contributed by atoms with E-state index in [1.54, 1.807) is 0 Å². The molecule has 0 amide bonds. The highest BCUT2D eigenvalue weighted by atomic mass is 14.5. The number of rotatable bonds is 4. The van der Waals surface area contributed by atoms with Crippen LogP contribution in [0.2, 0.25) is 0 Å². The molecule has 0 saturated heterocycles. The van der Waals surface area contributed by atoms with Crippen molar-refractivity contribution in [3.05, 3.63) is 36.4 Å². The summed E-state index contributed by atoms with van der Waals surface area (Å²) in [6.45, 7) is 3.07. The van der Waals surface area contributed by atoms with E-state index in [0.717, 1.165) is 6.54 Å². The largest absolute Gasteiger partial charge is 0.330 e. The molecule has 0 atom stereocenters. The van der Waals surface area contributed by atoms with Crippen LogP contribution in [0.5, 0.6) is 0 Å². The van der Waals surface area contributed by atoms with Gasteiger partial charge in [0.05, 0.1) is 0 Å². The molecule has 0 aromatic heterocycles. The maximum Gasteiger partial charge on any atom is -0.00773 e. The van der Waals surface area contributed by atoms with E-state index in [2.05, 4.69) is 6.92 Å². The van der Waals surface area contributed by atoms with Crippen LogP contribution in [0, 0.1) is 0 Å². The first kappa shape index (κ1) is 12.2. The van der Waals surface area contributed by atoms with E-state index in [4.69, 9.17) is 5.73 Å². The lowest BCUT2D eigenvalue weighted by molar-refractivity contribution is 0.674. The third kappa shape index (κ3) is 11.2. The SMILES string of the molecule is CCCCCCN.c1ccccc1. The predicted octanol–water partition coefficient (Wildman–Crippen LogP) is 3.21. The van der Waals surface area contributed by atoms with Gasteiger partial charge in [-0.25, -0.2) is 0 Å². The fourth-order valence-electron chi connectivity index (χ4n) is 0.956. The van der Waals surface area contributed by atoms with Gasteiger partial charge in [0.1, 0.15) is 0 Å². The van der Waals surface area contributed by atoms with Gasteiger partial charge in [-0.2, -0.15) is 0 Å². The zero-order valence-electron chi connectivity index (χ0n) is 8.58. The van der Waals surface area contributed by atoms with E-state index in [-0.39, 0.29) is 0 Å². The second-order valence-electron chi connectivity index (χ2n) is 3.00. The fraction of sp³-hybridized carbons (Fsp3) is 0.500. The zero-order valence-corrected chi connectivity index (χ0v) is 8.58. The summed E-state index contributed by atoms with van der Waals surface area (Å²) in [7, 11) is 0. The standard InChI is InChI=1S/C6H15N.C6H6/c1-2-3-4-5-6-7;1-2-4-6-5-3-1/h2-7H2,1H3;1-6H. The molecular formula is C12H21N. The number of unbranched alkanes of at least 4 members (excludes halogenated alkanes) is 3. The van der Waals surface area contributed by atoms with Gasteiger partial charge in [0.2, 0.25) is 0 Å². The molecule has 2 N–H and O–H groups in total. The molecule has 1 rings (SSSR count). The molecule has 0 aliphatic carbocycles. The van der Waals surface area contributed by atoms with E-state index in [0.29, 0.717) is 0 Å². The lowest BCUT2D eigenvalue weighted by Gasteiger charge is -1.90. The van der Waals surface area contributed by atoms with E-state index in [1.807, 2.05) is 36.4 Å². The molecule has 0 spiro atoms.